The molecule has 0 saturated carbocycles. The van der Waals surface area contributed by atoms with Crippen molar-refractivity contribution < 1.29 is 9.59 Å². The highest BCUT2D eigenvalue weighted by Crippen LogP contribution is 2.23. The van der Waals surface area contributed by atoms with Gasteiger partial charge in [-0.2, -0.15) is 0 Å². The molecule has 0 aliphatic carbocycles. The maximum absolute atomic E-state index is 12.9. The van der Waals surface area contributed by atoms with Gasteiger partial charge < -0.3 is 14.8 Å². The van der Waals surface area contributed by atoms with Crippen molar-refractivity contribution in [2.24, 2.45) is 0 Å². The average Bonchev–Trinajstić information content (AvgIpc) is 3.37. The van der Waals surface area contributed by atoms with Crippen molar-refractivity contribution >= 4 is 33.4 Å². The van der Waals surface area contributed by atoms with Crippen LogP contribution >= 0.6 is 15.9 Å². The van der Waals surface area contributed by atoms with Gasteiger partial charge in [-0.05, 0) is 81.3 Å². The van der Waals surface area contributed by atoms with Crippen LogP contribution in [0, 0.1) is 13.8 Å². The van der Waals surface area contributed by atoms with E-state index in [1.807, 2.05) is 49.1 Å². The molecule has 30 heavy (non-hydrogen) atoms. The second-order valence-corrected chi connectivity index (χ2v) is 8.54. The summed E-state index contributed by atoms with van der Waals surface area (Å²) in [6, 6.07) is 17.0. The zero-order chi connectivity index (χ0) is 21.3. The van der Waals surface area contributed by atoms with Crippen LogP contribution in [0.4, 0.5) is 5.69 Å². The molecule has 1 aromatic heterocycles. The summed E-state index contributed by atoms with van der Waals surface area (Å²) >= 11 is 3.46. The topological polar surface area (TPSA) is 54.3 Å². The van der Waals surface area contributed by atoms with Gasteiger partial charge in [-0.25, -0.2) is 0 Å². The number of aromatic nitrogens is 1. The second kappa shape index (κ2) is 8.48. The first-order valence-electron chi connectivity index (χ1n) is 10.1. The van der Waals surface area contributed by atoms with Gasteiger partial charge in [-0.15, -0.1) is 0 Å². The van der Waals surface area contributed by atoms with Gasteiger partial charge in [0, 0.05) is 45.9 Å². The van der Waals surface area contributed by atoms with Crippen molar-refractivity contribution in [3.63, 3.8) is 0 Å². The highest BCUT2D eigenvalue weighted by molar-refractivity contribution is 9.10. The molecule has 0 unspecified atom stereocenters. The van der Waals surface area contributed by atoms with Crippen molar-refractivity contribution in [3.8, 4) is 5.69 Å². The number of amides is 2. The van der Waals surface area contributed by atoms with E-state index < -0.39 is 0 Å². The number of nitrogens with one attached hydrogen (secondary N) is 1. The van der Waals surface area contributed by atoms with Crippen molar-refractivity contribution in [2.75, 3.05) is 18.4 Å². The van der Waals surface area contributed by atoms with Crippen LogP contribution in [0.25, 0.3) is 5.69 Å². The molecule has 1 saturated heterocycles. The number of hydrogen-bond donors (Lipinski definition) is 1. The summed E-state index contributed by atoms with van der Waals surface area (Å²) in [5.41, 5.74) is 4.85. The van der Waals surface area contributed by atoms with Gasteiger partial charge in [0.1, 0.15) is 0 Å². The Bertz CT molecular complexity index is 1080. The van der Waals surface area contributed by atoms with Gasteiger partial charge in [0.05, 0.1) is 5.56 Å². The fourth-order valence-corrected chi connectivity index (χ4v) is 4.24. The van der Waals surface area contributed by atoms with E-state index in [2.05, 4.69) is 25.8 Å². The smallest absolute Gasteiger partial charge is 0.257 e. The van der Waals surface area contributed by atoms with Crippen LogP contribution < -0.4 is 5.32 Å². The molecule has 2 aromatic carbocycles. The van der Waals surface area contributed by atoms with Gasteiger partial charge in [-0.3, -0.25) is 9.59 Å². The SMILES string of the molecule is Cc1cc(C(=O)Nc2ccc(C(=O)N3CCCC3)cc2)c(C)n1-c1ccc(Br)cc1. The van der Waals surface area contributed by atoms with Crippen molar-refractivity contribution in [1.82, 2.24) is 9.47 Å². The number of benzene rings is 2. The van der Waals surface area contributed by atoms with Crippen LogP contribution in [0.5, 0.6) is 0 Å². The molecule has 5 nitrogen and oxygen atoms in total. The zero-order valence-corrected chi connectivity index (χ0v) is 18.7. The van der Waals surface area contributed by atoms with Crippen LogP contribution in [-0.4, -0.2) is 34.4 Å². The van der Waals surface area contributed by atoms with E-state index >= 15 is 0 Å². The van der Waals surface area contributed by atoms with Gasteiger partial charge in [0.2, 0.25) is 0 Å². The summed E-state index contributed by atoms with van der Waals surface area (Å²) < 4.78 is 3.08. The quantitative estimate of drug-likeness (QED) is 0.564. The van der Waals surface area contributed by atoms with Crippen molar-refractivity contribution in [2.45, 2.75) is 26.7 Å². The van der Waals surface area contributed by atoms with Crippen LogP contribution in [0.3, 0.4) is 0 Å². The van der Waals surface area contributed by atoms with E-state index in [4.69, 9.17) is 0 Å². The van der Waals surface area contributed by atoms with E-state index in [1.165, 1.54) is 0 Å². The van der Waals surface area contributed by atoms with Gasteiger partial charge in [0.25, 0.3) is 11.8 Å². The number of nitrogens with zero attached hydrogens (tertiary/aromatic N) is 2. The molecule has 0 atom stereocenters. The molecule has 0 bridgehead atoms. The minimum atomic E-state index is -0.162. The Morgan fingerprint density at radius 3 is 2.20 bits per heavy atom. The van der Waals surface area contributed by atoms with Gasteiger partial charge >= 0.3 is 0 Å². The molecule has 0 radical (unpaired) electrons. The molecule has 154 valence electrons. The lowest BCUT2D eigenvalue weighted by atomic mass is 10.1. The maximum atomic E-state index is 12.9. The minimum Gasteiger partial charge on any atom is -0.339 e. The average molecular weight is 466 g/mol. The number of halogens is 1. The second-order valence-electron chi connectivity index (χ2n) is 7.63. The first-order chi connectivity index (χ1) is 14.4. The molecule has 1 N–H and O–H groups in total. The molecule has 4 rings (SSSR count). The summed E-state index contributed by atoms with van der Waals surface area (Å²) in [4.78, 5) is 27.3. The normalized spacial score (nSPS) is 13.5. The molecule has 1 aliphatic heterocycles. The lowest BCUT2D eigenvalue weighted by molar-refractivity contribution is 0.0792. The van der Waals surface area contributed by atoms with Crippen LogP contribution in [0.2, 0.25) is 0 Å². The number of carbonyl (C=O) groups is 2. The van der Waals surface area contributed by atoms with Crippen LogP contribution in [0.15, 0.2) is 59.1 Å². The minimum absolute atomic E-state index is 0.0587. The molecular weight excluding hydrogens is 442 g/mol. The largest absolute Gasteiger partial charge is 0.339 e. The Kier molecular flexibility index (Phi) is 5.77. The predicted octanol–water partition coefficient (Wildman–Crippen LogP) is 5.34. The number of aryl methyl sites for hydroxylation is 1. The monoisotopic (exact) mass is 465 g/mol. The highest BCUT2D eigenvalue weighted by atomic mass is 79.9. The number of likely N-dealkylation sites (tertiary alicyclic amines) is 1. The Morgan fingerprint density at radius 2 is 1.57 bits per heavy atom. The van der Waals surface area contributed by atoms with E-state index in [9.17, 15) is 9.59 Å². The first kappa shape index (κ1) is 20.4. The fraction of sp³-hybridized carbons (Fsp3) is 0.250. The standard InChI is InChI=1S/C24H24BrN3O2/c1-16-15-22(17(2)28(16)21-11-7-19(25)8-12-21)23(29)26-20-9-5-18(6-10-20)24(30)27-13-3-4-14-27/h5-12,15H,3-4,13-14H2,1-2H3,(H,26,29). The molecule has 2 amide bonds. The maximum Gasteiger partial charge on any atom is 0.257 e. The van der Waals surface area contributed by atoms with Crippen molar-refractivity contribution in [3.05, 3.63) is 81.6 Å². The third-order valence-corrected chi connectivity index (χ3v) is 6.07. The molecular formula is C24H24BrN3O2. The van der Waals surface area contributed by atoms with E-state index in [1.54, 1.807) is 24.3 Å². The molecule has 0 spiro atoms. The third kappa shape index (κ3) is 4.05. The van der Waals surface area contributed by atoms with Gasteiger partial charge in [-0.1, -0.05) is 15.9 Å². The molecule has 1 aliphatic rings. The molecule has 1 fully saturated rings. The van der Waals surface area contributed by atoms with Crippen molar-refractivity contribution in [1.29, 1.82) is 0 Å². The van der Waals surface area contributed by atoms with E-state index in [-0.39, 0.29) is 11.8 Å². The Hall–Kier alpha value is -2.86. The lowest BCUT2D eigenvalue weighted by Gasteiger charge is -2.15. The third-order valence-electron chi connectivity index (χ3n) is 5.54. The number of hydrogen-bond acceptors (Lipinski definition) is 2. The van der Waals surface area contributed by atoms with Crippen LogP contribution in [-0.2, 0) is 0 Å². The number of rotatable bonds is 4. The molecule has 3 aromatic rings. The summed E-state index contributed by atoms with van der Waals surface area (Å²) in [6.45, 7) is 5.59. The Labute approximate surface area is 184 Å². The summed E-state index contributed by atoms with van der Waals surface area (Å²) in [6.07, 6.45) is 2.14. The van der Waals surface area contributed by atoms with E-state index in [0.29, 0.717) is 16.8 Å². The fourth-order valence-electron chi connectivity index (χ4n) is 3.98. The highest BCUT2D eigenvalue weighted by Gasteiger charge is 2.20. The molecule has 2 heterocycles. The van der Waals surface area contributed by atoms with Gasteiger partial charge in [0.15, 0.2) is 0 Å². The molecule has 6 heteroatoms. The lowest BCUT2D eigenvalue weighted by Crippen LogP contribution is -2.27. The number of carbonyl (C=O) groups excluding carboxylic acids is 2. The summed E-state index contributed by atoms with van der Waals surface area (Å²) in [5, 5.41) is 2.95. The summed E-state index contributed by atoms with van der Waals surface area (Å²) in [7, 11) is 0. The Morgan fingerprint density at radius 1 is 0.933 bits per heavy atom. The Balaban J connectivity index is 1.51. The predicted molar refractivity (Wildman–Crippen MR) is 122 cm³/mol. The van der Waals surface area contributed by atoms with Crippen LogP contribution in [0.1, 0.15) is 44.9 Å². The number of anilines is 1. The summed E-state index contributed by atoms with van der Waals surface area (Å²) in [5.74, 6) is -0.103. The van der Waals surface area contributed by atoms with E-state index in [0.717, 1.165) is 47.5 Å². The first-order valence-corrected chi connectivity index (χ1v) is 10.9. The zero-order valence-electron chi connectivity index (χ0n) is 17.1.